The molecule has 2 rings (SSSR count). The number of esters is 1. The Morgan fingerprint density at radius 1 is 1.40 bits per heavy atom. The lowest BCUT2D eigenvalue weighted by atomic mass is 10.0. The first kappa shape index (κ1) is 14.9. The van der Waals surface area contributed by atoms with Gasteiger partial charge in [-0.05, 0) is 44.4 Å². The van der Waals surface area contributed by atoms with Gasteiger partial charge in [0, 0.05) is 17.1 Å². The topological polar surface area (TPSA) is 46.6 Å². The van der Waals surface area contributed by atoms with Crippen LogP contribution in [0.15, 0.2) is 24.3 Å². The van der Waals surface area contributed by atoms with Gasteiger partial charge in [-0.25, -0.2) is 4.79 Å². The molecule has 1 aliphatic rings. The minimum Gasteiger partial charge on any atom is -0.464 e. The third-order valence-corrected chi connectivity index (χ3v) is 3.63. The molecule has 1 saturated heterocycles. The number of halogens is 1. The van der Waals surface area contributed by atoms with E-state index in [4.69, 9.17) is 16.3 Å². The molecule has 1 aliphatic heterocycles. The van der Waals surface area contributed by atoms with Gasteiger partial charge in [-0.1, -0.05) is 17.7 Å². The normalized spacial score (nSPS) is 18.7. The fourth-order valence-electron chi connectivity index (χ4n) is 2.45. The molecular formula is C15H18ClNO3. The third-order valence-electron chi connectivity index (χ3n) is 3.39. The van der Waals surface area contributed by atoms with E-state index in [0.717, 1.165) is 12.8 Å². The minimum atomic E-state index is -0.477. The molecule has 1 atom stereocenters. The molecule has 0 radical (unpaired) electrons. The second-order valence-corrected chi connectivity index (χ2v) is 5.21. The van der Waals surface area contributed by atoms with Gasteiger partial charge in [-0.2, -0.15) is 0 Å². The van der Waals surface area contributed by atoms with Crippen molar-refractivity contribution in [3.05, 3.63) is 34.9 Å². The van der Waals surface area contributed by atoms with Crippen LogP contribution in [0.25, 0.3) is 0 Å². The highest BCUT2D eigenvalue weighted by molar-refractivity contribution is 6.31. The van der Waals surface area contributed by atoms with Crippen LogP contribution in [0.5, 0.6) is 0 Å². The molecule has 1 aromatic rings. The number of piperidine rings is 1. The predicted molar refractivity (Wildman–Crippen MR) is 76.8 cm³/mol. The first-order chi connectivity index (χ1) is 9.63. The predicted octanol–water partition coefficient (Wildman–Crippen LogP) is 2.90. The Labute approximate surface area is 123 Å². The van der Waals surface area contributed by atoms with Gasteiger partial charge in [0.25, 0.3) is 5.91 Å². The van der Waals surface area contributed by atoms with E-state index in [-0.39, 0.29) is 11.9 Å². The fraction of sp³-hybridized carbons (Fsp3) is 0.467. The molecule has 1 unspecified atom stereocenters. The number of hydrogen-bond acceptors (Lipinski definition) is 3. The van der Waals surface area contributed by atoms with Crippen LogP contribution in [-0.2, 0) is 9.53 Å². The summed E-state index contributed by atoms with van der Waals surface area (Å²) in [6.45, 7) is 2.67. The van der Waals surface area contributed by atoms with Crippen LogP contribution < -0.4 is 0 Å². The van der Waals surface area contributed by atoms with Crippen LogP contribution in [0, 0.1) is 0 Å². The van der Waals surface area contributed by atoms with E-state index in [1.54, 1.807) is 36.1 Å². The Kier molecular flexibility index (Phi) is 5.01. The Morgan fingerprint density at radius 2 is 2.20 bits per heavy atom. The molecule has 0 bridgehead atoms. The summed E-state index contributed by atoms with van der Waals surface area (Å²) in [4.78, 5) is 26.1. The van der Waals surface area contributed by atoms with Crippen molar-refractivity contribution in [2.75, 3.05) is 13.2 Å². The lowest BCUT2D eigenvalue weighted by molar-refractivity contribution is -0.149. The molecule has 0 spiro atoms. The van der Waals surface area contributed by atoms with Crippen molar-refractivity contribution < 1.29 is 14.3 Å². The summed E-state index contributed by atoms with van der Waals surface area (Å²) < 4.78 is 5.06. The van der Waals surface area contributed by atoms with Crippen LogP contribution in [-0.4, -0.2) is 36.0 Å². The fourth-order valence-corrected chi connectivity index (χ4v) is 2.64. The highest BCUT2D eigenvalue weighted by Crippen LogP contribution is 2.22. The zero-order valence-electron chi connectivity index (χ0n) is 11.5. The number of nitrogens with zero attached hydrogens (tertiary/aromatic N) is 1. The van der Waals surface area contributed by atoms with Crippen molar-refractivity contribution in [2.24, 2.45) is 0 Å². The molecule has 4 nitrogen and oxygen atoms in total. The number of hydrogen-bond donors (Lipinski definition) is 0. The smallest absolute Gasteiger partial charge is 0.328 e. The van der Waals surface area contributed by atoms with E-state index >= 15 is 0 Å². The molecule has 1 amide bonds. The van der Waals surface area contributed by atoms with E-state index in [1.165, 1.54) is 0 Å². The number of rotatable bonds is 3. The summed E-state index contributed by atoms with van der Waals surface area (Å²) >= 11 is 5.91. The van der Waals surface area contributed by atoms with Crippen LogP contribution in [0.4, 0.5) is 0 Å². The number of carbonyl (C=O) groups is 2. The number of ether oxygens (including phenoxy) is 1. The van der Waals surface area contributed by atoms with E-state index < -0.39 is 6.04 Å². The van der Waals surface area contributed by atoms with Crippen LogP contribution in [0.2, 0.25) is 5.02 Å². The molecule has 5 heteroatoms. The maximum absolute atomic E-state index is 12.5. The number of amides is 1. The maximum atomic E-state index is 12.5. The van der Waals surface area contributed by atoms with Crippen LogP contribution in [0.3, 0.4) is 0 Å². The molecule has 1 heterocycles. The van der Waals surface area contributed by atoms with Crippen molar-refractivity contribution in [1.82, 2.24) is 4.90 Å². The summed E-state index contributed by atoms with van der Waals surface area (Å²) in [6, 6.07) is 6.32. The molecule has 1 fully saturated rings. The summed E-state index contributed by atoms with van der Waals surface area (Å²) in [5.74, 6) is -0.479. The van der Waals surface area contributed by atoms with Crippen LogP contribution >= 0.6 is 11.6 Å². The lowest BCUT2D eigenvalue weighted by Gasteiger charge is -2.34. The largest absolute Gasteiger partial charge is 0.464 e. The first-order valence-electron chi connectivity index (χ1n) is 6.86. The van der Waals surface area contributed by atoms with Crippen molar-refractivity contribution >= 4 is 23.5 Å². The zero-order chi connectivity index (χ0) is 14.5. The summed E-state index contributed by atoms with van der Waals surface area (Å²) in [6.07, 6.45) is 2.50. The van der Waals surface area contributed by atoms with Crippen molar-refractivity contribution in [1.29, 1.82) is 0 Å². The molecule has 108 valence electrons. The van der Waals surface area contributed by atoms with E-state index in [2.05, 4.69) is 0 Å². The van der Waals surface area contributed by atoms with Gasteiger partial charge in [-0.15, -0.1) is 0 Å². The second kappa shape index (κ2) is 6.75. The number of benzene rings is 1. The minimum absolute atomic E-state index is 0.162. The van der Waals surface area contributed by atoms with Gasteiger partial charge >= 0.3 is 5.97 Å². The standard InChI is InChI=1S/C15H18ClNO3/c1-2-20-15(19)13-8-3-4-9-17(13)14(18)11-6-5-7-12(16)10-11/h5-7,10,13H,2-4,8-9H2,1H3. The third kappa shape index (κ3) is 3.31. The molecule has 0 aliphatic carbocycles. The molecule has 0 saturated carbocycles. The monoisotopic (exact) mass is 295 g/mol. The first-order valence-corrected chi connectivity index (χ1v) is 7.24. The Balaban J connectivity index is 2.19. The molecule has 0 N–H and O–H groups in total. The van der Waals surface area contributed by atoms with E-state index in [9.17, 15) is 9.59 Å². The summed E-state index contributed by atoms with van der Waals surface area (Å²) in [5, 5.41) is 0.514. The van der Waals surface area contributed by atoms with Crippen LogP contribution in [0.1, 0.15) is 36.5 Å². The van der Waals surface area contributed by atoms with Gasteiger partial charge in [0.1, 0.15) is 6.04 Å². The second-order valence-electron chi connectivity index (χ2n) is 4.77. The van der Waals surface area contributed by atoms with Crippen molar-refractivity contribution in [2.45, 2.75) is 32.2 Å². The van der Waals surface area contributed by atoms with E-state index in [1.807, 2.05) is 0 Å². The number of likely N-dealkylation sites (tertiary alicyclic amines) is 1. The molecule has 0 aromatic heterocycles. The summed E-state index contributed by atoms with van der Waals surface area (Å²) in [5.41, 5.74) is 0.508. The quantitative estimate of drug-likeness (QED) is 0.806. The average Bonchev–Trinajstić information content (AvgIpc) is 2.47. The van der Waals surface area contributed by atoms with Gasteiger partial charge in [0.15, 0.2) is 0 Å². The molecular weight excluding hydrogens is 278 g/mol. The molecule has 1 aromatic carbocycles. The lowest BCUT2D eigenvalue weighted by Crippen LogP contribution is -2.48. The van der Waals surface area contributed by atoms with Crippen molar-refractivity contribution in [3.8, 4) is 0 Å². The highest BCUT2D eigenvalue weighted by atomic mass is 35.5. The van der Waals surface area contributed by atoms with E-state index in [0.29, 0.717) is 30.2 Å². The Bertz CT molecular complexity index is 504. The zero-order valence-corrected chi connectivity index (χ0v) is 12.2. The Hall–Kier alpha value is -1.55. The van der Waals surface area contributed by atoms with Gasteiger partial charge in [-0.3, -0.25) is 4.79 Å². The van der Waals surface area contributed by atoms with Gasteiger partial charge < -0.3 is 9.64 Å². The van der Waals surface area contributed by atoms with Crippen molar-refractivity contribution in [3.63, 3.8) is 0 Å². The molecule has 20 heavy (non-hydrogen) atoms. The maximum Gasteiger partial charge on any atom is 0.328 e. The SMILES string of the molecule is CCOC(=O)C1CCCCN1C(=O)c1cccc(Cl)c1. The highest BCUT2D eigenvalue weighted by Gasteiger charge is 2.33. The van der Waals surface area contributed by atoms with Gasteiger partial charge in [0.2, 0.25) is 0 Å². The summed E-state index contributed by atoms with van der Waals surface area (Å²) in [7, 11) is 0. The number of carbonyl (C=O) groups excluding carboxylic acids is 2. The van der Waals surface area contributed by atoms with Gasteiger partial charge in [0.05, 0.1) is 6.61 Å². The average molecular weight is 296 g/mol. The Morgan fingerprint density at radius 3 is 2.90 bits per heavy atom.